The highest BCUT2D eigenvalue weighted by Crippen LogP contribution is 2.51. The standard InChI is InChI=1S/C24H24N2O4/c1-5-19(16(4)15(2)3)30-22-9-7-18(13-25-22)26-23(27)24(10-11-24)17-6-8-20-21(12-17)29-14-28-20/h5-9,12-13H,1-2,10-11,14H2,3-4H3,(H,26,27)/b19-16+. The quantitative estimate of drug-likeness (QED) is 0.525. The van der Waals surface area contributed by atoms with E-state index in [1.165, 1.54) is 0 Å². The van der Waals surface area contributed by atoms with Crippen molar-refractivity contribution in [1.29, 1.82) is 0 Å². The van der Waals surface area contributed by atoms with Gasteiger partial charge in [-0.3, -0.25) is 4.79 Å². The van der Waals surface area contributed by atoms with Crippen molar-refractivity contribution in [3.63, 3.8) is 0 Å². The number of aromatic nitrogens is 1. The summed E-state index contributed by atoms with van der Waals surface area (Å²) >= 11 is 0. The first-order valence-electron chi connectivity index (χ1n) is 9.77. The summed E-state index contributed by atoms with van der Waals surface area (Å²) in [6.07, 6.45) is 4.80. The summed E-state index contributed by atoms with van der Waals surface area (Å²) in [7, 11) is 0. The molecule has 2 aliphatic rings. The van der Waals surface area contributed by atoms with Gasteiger partial charge in [0, 0.05) is 6.07 Å². The second-order valence-electron chi connectivity index (χ2n) is 7.57. The third-order valence-electron chi connectivity index (χ3n) is 5.51. The molecule has 1 aliphatic heterocycles. The molecule has 4 rings (SSSR count). The zero-order valence-electron chi connectivity index (χ0n) is 17.2. The molecule has 30 heavy (non-hydrogen) atoms. The largest absolute Gasteiger partial charge is 0.454 e. The van der Waals surface area contributed by atoms with Crippen molar-refractivity contribution in [2.45, 2.75) is 32.1 Å². The number of amides is 1. The van der Waals surface area contributed by atoms with Crippen molar-refractivity contribution in [2.75, 3.05) is 12.1 Å². The minimum absolute atomic E-state index is 0.0540. The minimum atomic E-state index is -0.534. The van der Waals surface area contributed by atoms with E-state index in [-0.39, 0.29) is 12.7 Å². The third-order valence-corrected chi connectivity index (χ3v) is 5.51. The molecule has 1 aromatic carbocycles. The van der Waals surface area contributed by atoms with Crippen LogP contribution >= 0.6 is 0 Å². The maximum atomic E-state index is 13.0. The van der Waals surface area contributed by atoms with Crippen molar-refractivity contribution >= 4 is 11.6 Å². The van der Waals surface area contributed by atoms with Crippen LogP contribution < -0.4 is 19.5 Å². The number of anilines is 1. The number of fused-ring (bicyclic) bond motifs is 1. The molecule has 1 aromatic heterocycles. The van der Waals surface area contributed by atoms with E-state index in [1.54, 1.807) is 24.4 Å². The Labute approximate surface area is 175 Å². The number of ether oxygens (including phenoxy) is 3. The van der Waals surface area contributed by atoms with Gasteiger partial charge in [0.15, 0.2) is 11.5 Å². The molecule has 0 saturated heterocycles. The van der Waals surface area contributed by atoms with Gasteiger partial charge < -0.3 is 19.5 Å². The lowest BCUT2D eigenvalue weighted by Crippen LogP contribution is -2.27. The van der Waals surface area contributed by atoms with Crippen LogP contribution in [0.4, 0.5) is 5.69 Å². The Morgan fingerprint density at radius 3 is 2.60 bits per heavy atom. The lowest BCUT2D eigenvalue weighted by atomic mass is 9.94. The van der Waals surface area contributed by atoms with Gasteiger partial charge in [-0.2, -0.15) is 0 Å². The van der Waals surface area contributed by atoms with Crippen molar-refractivity contribution in [3.05, 3.63) is 78.2 Å². The number of nitrogens with zero attached hydrogens (tertiary/aromatic N) is 1. The smallest absolute Gasteiger partial charge is 0.235 e. The van der Waals surface area contributed by atoms with Crippen LogP contribution in [0.2, 0.25) is 0 Å². The topological polar surface area (TPSA) is 69.7 Å². The van der Waals surface area contributed by atoms with Gasteiger partial charge in [-0.25, -0.2) is 4.98 Å². The molecule has 1 N–H and O–H groups in total. The number of benzene rings is 1. The molecule has 6 nitrogen and oxygen atoms in total. The van der Waals surface area contributed by atoms with E-state index in [2.05, 4.69) is 23.5 Å². The number of nitrogens with one attached hydrogen (secondary N) is 1. The predicted molar refractivity (Wildman–Crippen MR) is 115 cm³/mol. The summed E-state index contributed by atoms with van der Waals surface area (Å²) in [6.45, 7) is 11.7. The highest BCUT2D eigenvalue weighted by molar-refractivity contribution is 6.01. The SMILES string of the molecule is C=C/C(Oc1ccc(NC(=O)C2(c3ccc4c(c3)OCO4)CC2)cn1)=C(/C)C(=C)C. The zero-order valence-corrected chi connectivity index (χ0v) is 17.2. The highest BCUT2D eigenvalue weighted by atomic mass is 16.7. The van der Waals surface area contributed by atoms with Crippen LogP contribution in [-0.2, 0) is 10.2 Å². The fourth-order valence-corrected chi connectivity index (χ4v) is 3.33. The number of carbonyl (C=O) groups is 1. The number of rotatable bonds is 7. The number of allylic oxidation sites excluding steroid dienone is 3. The van der Waals surface area contributed by atoms with E-state index in [9.17, 15) is 4.79 Å². The summed E-state index contributed by atoms with van der Waals surface area (Å²) in [6, 6.07) is 9.17. The number of pyridine rings is 1. The molecule has 1 fully saturated rings. The van der Waals surface area contributed by atoms with E-state index in [0.29, 0.717) is 28.8 Å². The molecular formula is C24H24N2O4. The fourth-order valence-electron chi connectivity index (χ4n) is 3.33. The van der Waals surface area contributed by atoms with E-state index in [1.807, 2.05) is 32.0 Å². The fraction of sp³-hybridized carbons (Fsp3) is 0.250. The molecule has 2 aromatic rings. The van der Waals surface area contributed by atoms with Gasteiger partial charge in [0.2, 0.25) is 18.6 Å². The minimum Gasteiger partial charge on any atom is -0.454 e. The normalized spacial score (nSPS) is 16.3. The Balaban J connectivity index is 1.46. The molecule has 6 heteroatoms. The van der Waals surface area contributed by atoms with Crippen molar-refractivity contribution < 1.29 is 19.0 Å². The first kappa shape index (κ1) is 19.8. The van der Waals surface area contributed by atoms with E-state index in [4.69, 9.17) is 14.2 Å². The Bertz CT molecular complexity index is 1050. The maximum Gasteiger partial charge on any atom is 0.235 e. The summed E-state index contributed by atoms with van der Waals surface area (Å²) in [5.41, 5.74) is 2.82. The van der Waals surface area contributed by atoms with E-state index >= 15 is 0 Å². The lowest BCUT2D eigenvalue weighted by Gasteiger charge is -2.16. The van der Waals surface area contributed by atoms with Gasteiger partial charge in [0.1, 0.15) is 5.76 Å². The number of hydrogen-bond donors (Lipinski definition) is 1. The first-order valence-corrected chi connectivity index (χ1v) is 9.77. The van der Waals surface area contributed by atoms with Crippen LogP contribution in [0.3, 0.4) is 0 Å². The van der Waals surface area contributed by atoms with Crippen LogP contribution in [0.15, 0.2) is 72.7 Å². The third kappa shape index (κ3) is 3.68. The van der Waals surface area contributed by atoms with Gasteiger partial charge in [0.25, 0.3) is 0 Å². The molecule has 1 saturated carbocycles. The van der Waals surface area contributed by atoms with Crippen LogP contribution in [0.25, 0.3) is 0 Å². The van der Waals surface area contributed by atoms with Gasteiger partial charge in [-0.05, 0) is 62.1 Å². The Morgan fingerprint density at radius 1 is 1.20 bits per heavy atom. The highest BCUT2D eigenvalue weighted by Gasteiger charge is 2.51. The molecule has 0 bridgehead atoms. The Morgan fingerprint density at radius 2 is 1.97 bits per heavy atom. The lowest BCUT2D eigenvalue weighted by molar-refractivity contribution is -0.118. The predicted octanol–water partition coefficient (Wildman–Crippen LogP) is 4.90. The summed E-state index contributed by atoms with van der Waals surface area (Å²) in [5.74, 6) is 2.36. The van der Waals surface area contributed by atoms with Crippen LogP contribution in [0.1, 0.15) is 32.3 Å². The molecule has 0 atom stereocenters. The average molecular weight is 404 g/mol. The van der Waals surface area contributed by atoms with Crippen LogP contribution in [-0.4, -0.2) is 17.7 Å². The Kier molecular flexibility index (Phi) is 5.08. The maximum absolute atomic E-state index is 13.0. The molecule has 0 radical (unpaired) electrons. The zero-order chi connectivity index (χ0) is 21.3. The molecule has 0 unspecified atom stereocenters. The molecule has 1 aliphatic carbocycles. The molecular weight excluding hydrogens is 380 g/mol. The van der Waals surface area contributed by atoms with Gasteiger partial charge >= 0.3 is 0 Å². The average Bonchev–Trinajstić information content (AvgIpc) is 3.43. The second kappa shape index (κ2) is 7.71. The van der Waals surface area contributed by atoms with Crippen LogP contribution in [0, 0.1) is 0 Å². The molecule has 1 amide bonds. The number of hydrogen-bond acceptors (Lipinski definition) is 5. The van der Waals surface area contributed by atoms with Gasteiger partial charge in [0.05, 0.1) is 17.3 Å². The van der Waals surface area contributed by atoms with E-state index < -0.39 is 5.41 Å². The monoisotopic (exact) mass is 404 g/mol. The van der Waals surface area contributed by atoms with Gasteiger partial charge in [-0.15, -0.1) is 0 Å². The number of carbonyl (C=O) groups excluding carboxylic acids is 1. The van der Waals surface area contributed by atoms with Crippen molar-refractivity contribution in [2.24, 2.45) is 0 Å². The van der Waals surface area contributed by atoms with Crippen LogP contribution in [0.5, 0.6) is 17.4 Å². The summed E-state index contributed by atoms with van der Waals surface area (Å²) in [5, 5.41) is 2.97. The van der Waals surface area contributed by atoms with Crippen molar-refractivity contribution in [1.82, 2.24) is 4.98 Å². The van der Waals surface area contributed by atoms with E-state index in [0.717, 1.165) is 29.6 Å². The van der Waals surface area contributed by atoms with Crippen molar-refractivity contribution in [3.8, 4) is 17.4 Å². The first-order chi connectivity index (χ1) is 14.4. The molecule has 0 spiro atoms. The summed E-state index contributed by atoms with van der Waals surface area (Å²) < 4.78 is 16.6. The van der Waals surface area contributed by atoms with Gasteiger partial charge in [-0.1, -0.05) is 24.8 Å². The summed E-state index contributed by atoms with van der Waals surface area (Å²) in [4.78, 5) is 17.3. The molecule has 2 heterocycles. The molecule has 154 valence electrons. The second-order valence-corrected chi connectivity index (χ2v) is 7.57. The Hall–Kier alpha value is -3.54.